The Morgan fingerprint density at radius 3 is 2.50 bits per heavy atom. The Hall–Kier alpha value is -1.64. The molecule has 0 saturated carbocycles. The average Bonchev–Trinajstić information content (AvgIpc) is 3.00. The summed E-state index contributed by atoms with van der Waals surface area (Å²) < 4.78 is 1.78. The van der Waals surface area contributed by atoms with Crippen LogP contribution in [0.1, 0.15) is 43.1 Å². The van der Waals surface area contributed by atoms with Gasteiger partial charge in [-0.25, -0.2) is 4.98 Å². The Balaban J connectivity index is 0.00000338. The van der Waals surface area contributed by atoms with Crippen LogP contribution in [0.5, 0.6) is 0 Å². The highest BCUT2D eigenvalue weighted by Gasteiger charge is 2.09. The number of aliphatic imine (C=N–C) groups is 1. The molecule has 26 heavy (non-hydrogen) atoms. The van der Waals surface area contributed by atoms with Crippen molar-refractivity contribution in [2.45, 2.75) is 39.2 Å². The first-order valence-corrected chi connectivity index (χ1v) is 8.84. The normalized spacial score (nSPS) is 11.4. The van der Waals surface area contributed by atoms with Crippen LogP contribution in [0.4, 0.5) is 0 Å². The van der Waals surface area contributed by atoms with Crippen LogP contribution in [-0.4, -0.2) is 46.3 Å². The molecule has 1 aromatic heterocycles. The molecule has 0 unspecified atom stereocenters. The van der Waals surface area contributed by atoms with Crippen molar-refractivity contribution in [3.05, 3.63) is 47.5 Å². The molecule has 7 heteroatoms. The van der Waals surface area contributed by atoms with E-state index < -0.39 is 0 Å². The van der Waals surface area contributed by atoms with Crippen molar-refractivity contribution < 1.29 is 0 Å². The van der Waals surface area contributed by atoms with Crippen LogP contribution in [0, 0.1) is 0 Å². The zero-order valence-electron chi connectivity index (χ0n) is 16.4. The van der Waals surface area contributed by atoms with Crippen molar-refractivity contribution in [1.29, 1.82) is 0 Å². The summed E-state index contributed by atoms with van der Waals surface area (Å²) in [6.45, 7) is 6.01. The summed E-state index contributed by atoms with van der Waals surface area (Å²) in [6, 6.07) is 8.96. The van der Waals surface area contributed by atoms with Gasteiger partial charge in [0.05, 0.1) is 6.54 Å². The number of guanidine groups is 1. The van der Waals surface area contributed by atoms with Crippen LogP contribution in [-0.2, 0) is 20.0 Å². The number of benzene rings is 1. The number of hydrogen-bond donors (Lipinski definition) is 1. The highest BCUT2D eigenvalue weighted by atomic mass is 127. The number of aromatic nitrogens is 3. The second kappa shape index (κ2) is 11.2. The third-order valence-corrected chi connectivity index (χ3v) is 4.33. The molecule has 1 heterocycles. The molecule has 6 nitrogen and oxygen atoms in total. The largest absolute Gasteiger partial charge is 0.356 e. The third kappa shape index (κ3) is 6.59. The number of halogens is 1. The topological polar surface area (TPSA) is 58.3 Å². The highest BCUT2D eigenvalue weighted by Crippen LogP contribution is 2.15. The Kier molecular flexibility index (Phi) is 9.61. The minimum atomic E-state index is 0. The fourth-order valence-corrected chi connectivity index (χ4v) is 2.70. The second-order valence-corrected chi connectivity index (χ2v) is 6.63. The van der Waals surface area contributed by atoms with Gasteiger partial charge in [0.15, 0.2) is 5.96 Å². The summed E-state index contributed by atoms with van der Waals surface area (Å²) >= 11 is 0. The summed E-state index contributed by atoms with van der Waals surface area (Å²) in [6.07, 6.45) is 3.71. The molecule has 0 aliphatic carbocycles. The maximum Gasteiger partial charge on any atom is 0.193 e. The predicted molar refractivity (Wildman–Crippen MR) is 118 cm³/mol. The SMILES string of the molecule is CN=C(NCCCc1ccc(C(C)C)cc1)N(C)Cc1ncnn1C.I. The number of nitrogens with one attached hydrogen (secondary N) is 1. The molecule has 144 valence electrons. The lowest BCUT2D eigenvalue weighted by atomic mass is 10.0. The molecule has 0 spiro atoms. The lowest BCUT2D eigenvalue weighted by molar-refractivity contribution is 0.448. The van der Waals surface area contributed by atoms with Crippen molar-refractivity contribution in [3.8, 4) is 0 Å². The van der Waals surface area contributed by atoms with E-state index in [1.165, 1.54) is 11.1 Å². The van der Waals surface area contributed by atoms with E-state index in [2.05, 4.69) is 63.4 Å². The summed E-state index contributed by atoms with van der Waals surface area (Å²) in [7, 11) is 5.71. The summed E-state index contributed by atoms with van der Waals surface area (Å²) in [5.41, 5.74) is 2.78. The van der Waals surface area contributed by atoms with E-state index in [9.17, 15) is 0 Å². The van der Waals surface area contributed by atoms with Gasteiger partial charge in [-0.15, -0.1) is 24.0 Å². The van der Waals surface area contributed by atoms with E-state index in [0.29, 0.717) is 12.5 Å². The van der Waals surface area contributed by atoms with Crippen molar-refractivity contribution in [3.63, 3.8) is 0 Å². The molecule has 0 atom stereocenters. The first kappa shape index (κ1) is 22.4. The van der Waals surface area contributed by atoms with Crippen LogP contribution in [0.25, 0.3) is 0 Å². The van der Waals surface area contributed by atoms with E-state index in [1.54, 1.807) is 18.1 Å². The fourth-order valence-electron chi connectivity index (χ4n) is 2.70. The second-order valence-electron chi connectivity index (χ2n) is 6.63. The molecule has 0 radical (unpaired) electrons. The summed E-state index contributed by atoms with van der Waals surface area (Å²) in [4.78, 5) is 10.7. The summed E-state index contributed by atoms with van der Waals surface area (Å²) in [5.74, 6) is 2.37. The first-order valence-electron chi connectivity index (χ1n) is 8.84. The standard InChI is InChI=1S/C19H30N6.HI/c1-15(2)17-10-8-16(9-11-17)7-6-12-21-19(20-3)24(4)13-18-22-14-23-25(18)5;/h8-11,14-15H,6-7,12-13H2,1-5H3,(H,20,21);1H. The van der Waals surface area contributed by atoms with Crippen molar-refractivity contribution >= 4 is 29.9 Å². The number of nitrogens with zero attached hydrogens (tertiary/aromatic N) is 5. The monoisotopic (exact) mass is 470 g/mol. The van der Waals surface area contributed by atoms with Crippen LogP contribution in [0.15, 0.2) is 35.6 Å². The smallest absolute Gasteiger partial charge is 0.193 e. The average molecular weight is 470 g/mol. The lowest BCUT2D eigenvalue weighted by Crippen LogP contribution is -2.39. The van der Waals surface area contributed by atoms with Crippen LogP contribution >= 0.6 is 24.0 Å². The van der Waals surface area contributed by atoms with Gasteiger partial charge in [0.1, 0.15) is 12.2 Å². The molecule has 0 fully saturated rings. The number of hydrogen-bond acceptors (Lipinski definition) is 3. The van der Waals surface area contributed by atoms with E-state index in [1.807, 2.05) is 14.1 Å². The predicted octanol–water partition coefficient (Wildman–Crippen LogP) is 3.20. The Morgan fingerprint density at radius 2 is 1.96 bits per heavy atom. The fraction of sp³-hybridized carbons (Fsp3) is 0.526. The molecule has 1 aromatic carbocycles. The van der Waals surface area contributed by atoms with Crippen molar-refractivity contribution in [1.82, 2.24) is 25.0 Å². The Labute approximate surface area is 174 Å². The van der Waals surface area contributed by atoms with E-state index >= 15 is 0 Å². The van der Waals surface area contributed by atoms with Gasteiger partial charge in [0.25, 0.3) is 0 Å². The van der Waals surface area contributed by atoms with E-state index in [-0.39, 0.29) is 24.0 Å². The molecule has 2 rings (SSSR count). The van der Waals surface area contributed by atoms with Crippen LogP contribution in [0.3, 0.4) is 0 Å². The van der Waals surface area contributed by atoms with Gasteiger partial charge in [0, 0.05) is 27.7 Å². The Morgan fingerprint density at radius 1 is 1.27 bits per heavy atom. The Bertz CT molecular complexity index is 678. The molecule has 0 amide bonds. The zero-order valence-corrected chi connectivity index (χ0v) is 18.8. The van der Waals surface area contributed by atoms with Gasteiger partial charge in [-0.2, -0.15) is 5.10 Å². The minimum Gasteiger partial charge on any atom is -0.356 e. The highest BCUT2D eigenvalue weighted by molar-refractivity contribution is 14.0. The molecule has 2 aromatic rings. The van der Waals surface area contributed by atoms with Gasteiger partial charge in [-0.05, 0) is 29.9 Å². The van der Waals surface area contributed by atoms with Crippen molar-refractivity contribution in [2.75, 3.05) is 20.6 Å². The molecule has 1 N–H and O–H groups in total. The lowest BCUT2D eigenvalue weighted by Gasteiger charge is -2.21. The maximum atomic E-state index is 4.35. The van der Waals surface area contributed by atoms with E-state index in [4.69, 9.17) is 0 Å². The van der Waals surface area contributed by atoms with Gasteiger partial charge in [0.2, 0.25) is 0 Å². The molecular formula is C19H31IN6. The molecule has 0 bridgehead atoms. The van der Waals surface area contributed by atoms with Gasteiger partial charge in [-0.1, -0.05) is 38.1 Å². The van der Waals surface area contributed by atoms with Gasteiger partial charge in [-0.3, -0.25) is 9.67 Å². The third-order valence-electron chi connectivity index (χ3n) is 4.33. The minimum absolute atomic E-state index is 0. The quantitative estimate of drug-likeness (QED) is 0.292. The maximum absolute atomic E-state index is 4.35. The zero-order chi connectivity index (χ0) is 18.2. The van der Waals surface area contributed by atoms with E-state index in [0.717, 1.165) is 31.2 Å². The summed E-state index contributed by atoms with van der Waals surface area (Å²) in [5, 5.41) is 7.52. The van der Waals surface area contributed by atoms with Crippen LogP contribution < -0.4 is 5.32 Å². The molecule has 0 saturated heterocycles. The first-order chi connectivity index (χ1) is 12.0. The molecule has 0 aliphatic rings. The van der Waals surface area contributed by atoms with Gasteiger partial charge < -0.3 is 10.2 Å². The van der Waals surface area contributed by atoms with Crippen molar-refractivity contribution in [2.24, 2.45) is 12.0 Å². The number of aryl methyl sites for hydroxylation is 2. The number of rotatable bonds is 7. The molecule has 0 aliphatic heterocycles. The van der Waals surface area contributed by atoms with Crippen LogP contribution in [0.2, 0.25) is 0 Å². The molecular weight excluding hydrogens is 439 g/mol. The van der Waals surface area contributed by atoms with Gasteiger partial charge >= 0.3 is 0 Å².